The fraction of sp³-hybridized carbons (Fsp3) is 0.516. The molecule has 0 aliphatic heterocycles. The van der Waals surface area contributed by atoms with E-state index < -0.39 is 35.5 Å². The molecule has 0 spiro atoms. The van der Waals surface area contributed by atoms with E-state index in [1.54, 1.807) is 36.7 Å². The smallest absolute Gasteiger partial charge is 0.416 e. The van der Waals surface area contributed by atoms with Crippen LogP contribution < -0.4 is 18.9 Å². The summed E-state index contributed by atoms with van der Waals surface area (Å²) in [5.74, 6) is -0.520. The maximum atomic E-state index is 13.2. The number of pyridine rings is 2. The minimum absolute atomic E-state index is 0. The van der Waals surface area contributed by atoms with Crippen molar-refractivity contribution in [2.24, 2.45) is 0 Å². The number of benzene rings is 8. The molecule has 0 bridgehead atoms. The summed E-state index contributed by atoms with van der Waals surface area (Å²) < 4.78 is 148. The Labute approximate surface area is 889 Å². The van der Waals surface area contributed by atoms with Crippen molar-refractivity contribution in [2.75, 3.05) is 13.2 Å². The lowest BCUT2D eigenvalue weighted by Gasteiger charge is -2.21. The highest BCUT2D eigenvalue weighted by Crippen LogP contribution is 2.39. The number of rotatable bonds is 16. The average molecular weight is 2070 g/mol. The molecular weight excluding hydrogens is 1880 g/mol. The molecule has 0 aliphatic rings. The van der Waals surface area contributed by atoms with Gasteiger partial charge in [-0.2, -0.15) is 27.2 Å². The van der Waals surface area contributed by atoms with Gasteiger partial charge in [0.2, 0.25) is 0 Å². The second-order valence-electron chi connectivity index (χ2n) is 46.3. The van der Waals surface area contributed by atoms with Crippen molar-refractivity contribution in [2.45, 2.75) is 423 Å². The van der Waals surface area contributed by atoms with E-state index in [0.29, 0.717) is 47.0 Å². The number of hydrogen-bond acceptors (Lipinski definition) is 9. The Hall–Kier alpha value is -10.3. The van der Waals surface area contributed by atoms with E-state index in [0.717, 1.165) is 96.5 Å². The van der Waals surface area contributed by atoms with Gasteiger partial charge in [0.05, 0.1) is 46.4 Å². The number of thiazole rings is 1. The fourth-order valence-corrected chi connectivity index (χ4v) is 13.6. The number of halogens is 10. The molecule has 0 atom stereocenters. The number of aromatic nitrogens is 3. The molecule has 8 nitrogen and oxygen atoms in total. The van der Waals surface area contributed by atoms with Crippen molar-refractivity contribution in [3.05, 3.63) is 336 Å². The van der Waals surface area contributed by atoms with Crippen LogP contribution in [-0.4, -0.2) is 40.4 Å². The minimum Gasteiger partial charge on any atom is -0.494 e. The Kier molecular flexibility index (Phi) is 59.7. The van der Waals surface area contributed by atoms with Gasteiger partial charge in [0.1, 0.15) is 28.8 Å². The summed E-state index contributed by atoms with van der Waals surface area (Å²) in [6.07, 6.45) is -1.26. The predicted molar refractivity (Wildman–Crippen MR) is 610 cm³/mol. The van der Waals surface area contributed by atoms with E-state index in [1.807, 2.05) is 146 Å². The molecule has 0 saturated carbocycles. The zero-order valence-electron chi connectivity index (χ0n) is 95.1. The first-order valence-electron chi connectivity index (χ1n) is 50.3. The summed E-state index contributed by atoms with van der Waals surface area (Å²) in [6.45, 7) is 85.9. The summed E-state index contributed by atoms with van der Waals surface area (Å²) in [7, 11) is 0. The zero-order valence-corrected chi connectivity index (χ0v) is 96.0. The first-order chi connectivity index (χ1) is 65.7. The van der Waals surface area contributed by atoms with Gasteiger partial charge in [0.25, 0.3) is 11.8 Å². The highest BCUT2D eigenvalue weighted by Gasteiger charge is 2.33. The molecule has 0 N–H and O–H groups in total. The number of aryl methyl sites for hydroxylation is 1. The molecule has 0 radical (unpaired) electrons. The number of ether oxygens (including phenoxy) is 4. The van der Waals surface area contributed by atoms with Crippen molar-refractivity contribution in [3.8, 4) is 29.1 Å². The molecular formula is C128H188F10N4O4S. The van der Waals surface area contributed by atoms with Gasteiger partial charge in [0.15, 0.2) is 0 Å². The summed E-state index contributed by atoms with van der Waals surface area (Å²) in [6, 6.07) is 68.6. The molecule has 0 amide bonds. The standard InChI is InChI=1S/C13H20O.C13H20.C12H15F3.C12H16F2O.C12H18O.C12H18.C11H13F3.C11H17NO.C11H16.C10H12N2.C8H11F2NS.3CH4/c1-10(2)14-12-8-6-7-11(9-12)13(3,4)5;1-10(2)11-7-6-8-12(9-11)13(3,4)5;1-11(2,3)8-5-9(12(4,14)15)7-10(13)6-8;1-11(2,3)9-6-5-7-10(8-9)15-12(4,13)14;1-5-13-11-8-6-7-10(9-11)12(2,3)4;1-9(2)11-6-5-7-12(8-11)10(3)4;1-10(2,3)8-5-4-6-9(7-8)11(12,13)14;1-5-13-9-6-7-12-10(8-9)11(2,3)4;1-4-10-6-5-7-11(8-10)9(2)3;1-10(2,3)9-6-8(7-11)4-5-12-9;1-5(2)7-11-4-6(12-7)8(3,9)10;;;/h6-10H,1-5H3;6-10H,1-5H3;5-7H,1-4H3;5-8H,1-4H3;6-9H,5H2,1-4H3;5-10H,1-4H3;4-7H,1-3H3;6-8H,5H2,1-4H3;5-9H,4H2,1-3H3;4-6H,1-3H3;4-5H,1-3H3;3*1H4. The van der Waals surface area contributed by atoms with Crippen LogP contribution >= 0.6 is 11.3 Å². The van der Waals surface area contributed by atoms with Gasteiger partial charge < -0.3 is 18.9 Å². The Balaban J connectivity index is -0.00000155. The second kappa shape index (κ2) is 62.3. The van der Waals surface area contributed by atoms with Crippen molar-refractivity contribution < 1.29 is 62.9 Å². The van der Waals surface area contributed by atoms with Gasteiger partial charge >= 0.3 is 12.3 Å². The third-order valence-corrected chi connectivity index (χ3v) is 23.5. The number of nitriles is 1. The van der Waals surface area contributed by atoms with Crippen LogP contribution in [0.2, 0.25) is 0 Å². The van der Waals surface area contributed by atoms with Gasteiger partial charge in [-0.15, -0.1) is 11.3 Å². The molecule has 0 unspecified atom stereocenters. The number of hydrogen-bond donors (Lipinski definition) is 0. The SMILES string of the molecule is C.C.C.CC(C)(C)c1cc(C#N)ccn1.CC(C)(C)c1cc(F)cc(C(C)(F)F)c1.CC(C)(C)c1cccc(C(F)(F)F)c1.CC(C)Oc1cccc(C(C)(C)C)c1.CC(C)c1cccc(C(C)(C)C)c1.CC(C)c1cccc(C(C)C)c1.CC(C)c1ncc(C(C)(F)F)s1.CC(F)(F)Oc1cccc(C(C)(C)C)c1.CCOc1cccc(C(C)(C)C)c1.CCOc1ccnc(C(C)(C)C)c1.CCc1cccc(C(C)C)c1. The van der Waals surface area contributed by atoms with E-state index in [9.17, 15) is 43.9 Å². The maximum absolute atomic E-state index is 13.2. The van der Waals surface area contributed by atoms with Crippen molar-refractivity contribution in [3.63, 3.8) is 0 Å². The topological polar surface area (TPSA) is 99.4 Å². The largest absolute Gasteiger partial charge is 0.494 e. The molecule has 3 aromatic heterocycles. The van der Waals surface area contributed by atoms with Crippen LogP contribution in [0.1, 0.15) is 442 Å². The third kappa shape index (κ3) is 57.3. The van der Waals surface area contributed by atoms with E-state index in [1.165, 1.54) is 81.0 Å². The highest BCUT2D eigenvalue weighted by molar-refractivity contribution is 7.11. The van der Waals surface area contributed by atoms with Crippen molar-refractivity contribution in [1.82, 2.24) is 15.0 Å². The number of alkyl halides is 9. The maximum Gasteiger partial charge on any atom is 0.416 e. The minimum atomic E-state index is -4.25. The molecule has 820 valence electrons. The Morgan fingerprint density at radius 2 is 0.653 bits per heavy atom. The van der Waals surface area contributed by atoms with Crippen LogP contribution in [0.3, 0.4) is 0 Å². The lowest BCUT2D eigenvalue weighted by Crippen LogP contribution is -2.19. The Morgan fingerprint density at radius 3 is 1.01 bits per heavy atom. The summed E-state index contributed by atoms with van der Waals surface area (Å²) in [5, 5.41) is 9.42. The number of nitrogens with zero attached hydrogens (tertiary/aromatic N) is 4. The average Bonchev–Trinajstić information content (AvgIpc) is 1.39. The van der Waals surface area contributed by atoms with Crippen LogP contribution in [0.25, 0.3) is 0 Å². The zero-order chi connectivity index (χ0) is 111. The van der Waals surface area contributed by atoms with Crippen molar-refractivity contribution >= 4 is 11.3 Å². The third-order valence-electron chi connectivity index (χ3n) is 22.0. The first kappa shape index (κ1) is 141. The fourth-order valence-electron chi connectivity index (χ4n) is 12.8. The normalized spacial score (nSPS) is 11.7. The van der Waals surface area contributed by atoms with Crippen LogP contribution in [0.4, 0.5) is 43.9 Å². The summed E-state index contributed by atoms with van der Waals surface area (Å²) >= 11 is 1.09. The van der Waals surface area contributed by atoms with Gasteiger partial charge in [-0.1, -0.05) is 392 Å². The first-order valence-corrected chi connectivity index (χ1v) is 51.1. The lowest BCUT2D eigenvalue weighted by molar-refractivity contribution is -0.159. The van der Waals surface area contributed by atoms with Crippen LogP contribution in [0.5, 0.6) is 23.0 Å². The second-order valence-corrected chi connectivity index (χ2v) is 47.3. The van der Waals surface area contributed by atoms with Gasteiger partial charge in [-0.25, -0.2) is 26.9 Å². The van der Waals surface area contributed by atoms with E-state index in [4.69, 9.17) is 19.5 Å². The van der Waals surface area contributed by atoms with E-state index in [-0.39, 0.29) is 93.8 Å². The van der Waals surface area contributed by atoms with Crippen LogP contribution in [0, 0.1) is 17.1 Å². The molecule has 8 aromatic carbocycles. The summed E-state index contributed by atoms with van der Waals surface area (Å²) in [5.41, 5.74) is 15.5. The van der Waals surface area contributed by atoms with Crippen LogP contribution in [0.15, 0.2) is 231 Å². The van der Waals surface area contributed by atoms with E-state index >= 15 is 0 Å². The molecule has 3 heterocycles. The molecule has 11 aromatic rings. The quantitative estimate of drug-likeness (QED) is 0.0882. The van der Waals surface area contributed by atoms with Gasteiger partial charge in [-0.05, 0) is 230 Å². The van der Waals surface area contributed by atoms with Crippen LogP contribution in [-0.2, 0) is 67.8 Å². The van der Waals surface area contributed by atoms with Gasteiger partial charge in [-0.3, -0.25) is 9.97 Å². The summed E-state index contributed by atoms with van der Waals surface area (Å²) in [4.78, 5) is 12.5. The molecule has 0 saturated heterocycles. The Morgan fingerprint density at radius 1 is 0.320 bits per heavy atom. The highest BCUT2D eigenvalue weighted by atomic mass is 32.1. The molecule has 0 aliphatic carbocycles. The van der Waals surface area contributed by atoms with Crippen molar-refractivity contribution in [1.29, 1.82) is 5.26 Å². The molecule has 147 heavy (non-hydrogen) atoms. The molecule has 0 fully saturated rings. The Bertz CT molecular complexity index is 5430. The van der Waals surface area contributed by atoms with Gasteiger partial charge in [0, 0.05) is 79.1 Å². The van der Waals surface area contributed by atoms with E-state index in [2.05, 4.69) is 295 Å². The molecule has 11 rings (SSSR count). The lowest BCUT2D eigenvalue weighted by atomic mass is 9.85. The predicted octanol–water partition coefficient (Wildman–Crippen LogP) is 41.1. The monoisotopic (exact) mass is 2070 g/mol. The molecule has 19 heteroatoms.